The molecular weight excluding hydrogens is 328 g/mol. The van der Waals surface area contributed by atoms with Crippen molar-refractivity contribution in [2.75, 3.05) is 10.6 Å². The standard InChI is InChI=1S/C20H20N4O2/c25-18-11-5-15(6-12-18)3-1-4-19(26)23-16-7-9-17(10-8-16)24-20-21-13-2-14-22-20/h2,5-14,25H,1,3-4H2,(H,23,26)(H,21,22,24). The average Bonchev–Trinajstić information content (AvgIpc) is 2.66. The first kappa shape index (κ1) is 17.4. The Balaban J connectivity index is 1.44. The zero-order valence-electron chi connectivity index (χ0n) is 14.2. The number of rotatable bonds is 7. The maximum Gasteiger partial charge on any atom is 0.227 e. The Bertz CT molecular complexity index is 834. The van der Waals surface area contributed by atoms with Gasteiger partial charge in [-0.2, -0.15) is 0 Å². The molecule has 26 heavy (non-hydrogen) atoms. The van der Waals surface area contributed by atoms with Crippen LogP contribution in [-0.4, -0.2) is 21.0 Å². The van der Waals surface area contributed by atoms with Crippen molar-refractivity contribution in [3.05, 3.63) is 72.6 Å². The Morgan fingerprint density at radius 2 is 1.58 bits per heavy atom. The summed E-state index contributed by atoms with van der Waals surface area (Å²) in [5.41, 5.74) is 2.70. The van der Waals surface area contributed by atoms with Gasteiger partial charge in [-0.1, -0.05) is 12.1 Å². The van der Waals surface area contributed by atoms with Gasteiger partial charge in [0.1, 0.15) is 5.75 Å². The Hall–Kier alpha value is -3.41. The van der Waals surface area contributed by atoms with E-state index in [1.807, 2.05) is 36.4 Å². The van der Waals surface area contributed by atoms with Gasteiger partial charge in [0.15, 0.2) is 0 Å². The van der Waals surface area contributed by atoms with E-state index in [1.165, 1.54) is 0 Å². The average molecular weight is 348 g/mol. The summed E-state index contributed by atoms with van der Waals surface area (Å²) < 4.78 is 0. The zero-order valence-corrected chi connectivity index (χ0v) is 14.2. The molecule has 0 aliphatic heterocycles. The quantitative estimate of drug-likeness (QED) is 0.603. The van der Waals surface area contributed by atoms with Gasteiger partial charge in [-0.05, 0) is 60.9 Å². The number of carbonyl (C=O) groups is 1. The number of nitrogens with zero attached hydrogens (tertiary/aromatic N) is 2. The Morgan fingerprint density at radius 3 is 2.27 bits per heavy atom. The van der Waals surface area contributed by atoms with E-state index in [2.05, 4.69) is 20.6 Å². The molecule has 6 nitrogen and oxygen atoms in total. The molecule has 0 fully saturated rings. The smallest absolute Gasteiger partial charge is 0.227 e. The van der Waals surface area contributed by atoms with Gasteiger partial charge in [-0.3, -0.25) is 4.79 Å². The van der Waals surface area contributed by atoms with Crippen LogP contribution >= 0.6 is 0 Å². The van der Waals surface area contributed by atoms with E-state index in [9.17, 15) is 9.90 Å². The molecule has 0 unspecified atom stereocenters. The van der Waals surface area contributed by atoms with Crippen molar-refractivity contribution < 1.29 is 9.90 Å². The van der Waals surface area contributed by atoms with Crippen LogP contribution in [0.4, 0.5) is 17.3 Å². The maximum absolute atomic E-state index is 12.0. The summed E-state index contributed by atoms with van der Waals surface area (Å²) in [4.78, 5) is 20.3. The number of hydrogen-bond donors (Lipinski definition) is 3. The second kappa shape index (κ2) is 8.62. The van der Waals surface area contributed by atoms with Crippen molar-refractivity contribution in [1.29, 1.82) is 0 Å². The van der Waals surface area contributed by atoms with Crippen molar-refractivity contribution in [2.45, 2.75) is 19.3 Å². The van der Waals surface area contributed by atoms with E-state index in [1.54, 1.807) is 30.6 Å². The first-order valence-corrected chi connectivity index (χ1v) is 8.41. The predicted molar refractivity (Wildman–Crippen MR) is 101 cm³/mol. The van der Waals surface area contributed by atoms with E-state index in [-0.39, 0.29) is 11.7 Å². The van der Waals surface area contributed by atoms with E-state index < -0.39 is 0 Å². The van der Waals surface area contributed by atoms with Crippen LogP contribution in [0, 0.1) is 0 Å². The van der Waals surface area contributed by atoms with Crippen molar-refractivity contribution in [1.82, 2.24) is 9.97 Å². The molecule has 1 aromatic heterocycles. The minimum Gasteiger partial charge on any atom is -0.508 e. The SMILES string of the molecule is O=C(CCCc1ccc(O)cc1)Nc1ccc(Nc2ncccn2)cc1. The number of amides is 1. The van der Waals surface area contributed by atoms with Crippen LogP contribution in [0.25, 0.3) is 0 Å². The third-order valence-corrected chi connectivity index (χ3v) is 3.80. The monoisotopic (exact) mass is 348 g/mol. The fraction of sp³-hybridized carbons (Fsp3) is 0.150. The number of phenols is 1. The number of aromatic nitrogens is 2. The number of benzene rings is 2. The van der Waals surface area contributed by atoms with E-state index in [4.69, 9.17) is 0 Å². The van der Waals surface area contributed by atoms with Crippen LogP contribution in [-0.2, 0) is 11.2 Å². The Kier molecular flexibility index (Phi) is 5.77. The van der Waals surface area contributed by atoms with Gasteiger partial charge in [-0.25, -0.2) is 9.97 Å². The van der Waals surface area contributed by atoms with Crippen LogP contribution in [0.3, 0.4) is 0 Å². The third-order valence-electron chi connectivity index (χ3n) is 3.80. The summed E-state index contributed by atoms with van der Waals surface area (Å²) >= 11 is 0. The van der Waals surface area contributed by atoms with Crippen LogP contribution in [0.15, 0.2) is 67.0 Å². The van der Waals surface area contributed by atoms with E-state index in [0.29, 0.717) is 12.4 Å². The van der Waals surface area contributed by atoms with Gasteiger partial charge < -0.3 is 15.7 Å². The lowest BCUT2D eigenvalue weighted by atomic mass is 10.1. The molecule has 0 radical (unpaired) electrons. The largest absolute Gasteiger partial charge is 0.508 e. The lowest BCUT2D eigenvalue weighted by Gasteiger charge is -2.08. The molecule has 3 N–H and O–H groups in total. The molecule has 1 heterocycles. The summed E-state index contributed by atoms with van der Waals surface area (Å²) in [6, 6.07) is 16.2. The molecule has 0 aliphatic rings. The topological polar surface area (TPSA) is 87.1 Å². The van der Waals surface area contributed by atoms with Gasteiger partial charge in [0.2, 0.25) is 11.9 Å². The van der Waals surface area contributed by atoms with Gasteiger partial charge >= 0.3 is 0 Å². The van der Waals surface area contributed by atoms with Crippen molar-refractivity contribution in [3.63, 3.8) is 0 Å². The highest BCUT2D eigenvalue weighted by molar-refractivity contribution is 5.90. The highest BCUT2D eigenvalue weighted by Crippen LogP contribution is 2.17. The van der Waals surface area contributed by atoms with Crippen LogP contribution < -0.4 is 10.6 Å². The zero-order chi connectivity index (χ0) is 18.2. The number of aryl methyl sites for hydroxylation is 1. The van der Waals surface area contributed by atoms with Gasteiger partial charge in [0.05, 0.1) is 0 Å². The number of hydrogen-bond acceptors (Lipinski definition) is 5. The third kappa shape index (κ3) is 5.31. The molecule has 0 bridgehead atoms. The van der Waals surface area contributed by atoms with Crippen molar-refractivity contribution in [3.8, 4) is 5.75 Å². The second-order valence-corrected chi connectivity index (χ2v) is 5.84. The Morgan fingerprint density at radius 1 is 0.923 bits per heavy atom. The van der Waals surface area contributed by atoms with Crippen molar-refractivity contribution >= 4 is 23.2 Å². The molecule has 0 aliphatic carbocycles. The fourth-order valence-electron chi connectivity index (χ4n) is 2.47. The fourth-order valence-corrected chi connectivity index (χ4v) is 2.47. The number of nitrogens with one attached hydrogen (secondary N) is 2. The highest BCUT2D eigenvalue weighted by Gasteiger charge is 2.04. The molecule has 1 amide bonds. The molecule has 132 valence electrons. The van der Waals surface area contributed by atoms with Gasteiger partial charge in [0.25, 0.3) is 0 Å². The normalized spacial score (nSPS) is 10.3. The predicted octanol–water partition coefficient (Wildman–Crippen LogP) is 3.89. The Labute approximate surface area is 152 Å². The van der Waals surface area contributed by atoms with Crippen LogP contribution in [0.2, 0.25) is 0 Å². The molecule has 0 saturated heterocycles. The summed E-state index contributed by atoms with van der Waals surface area (Å²) in [6.07, 6.45) is 5.33. The van der Waals surface area contributed by atoms with Gasteiger partial charge in [0, 0.05) is 30.2 Å². The summed E-state index contributed by atoms with van der Waals surface area (Å²) in [7, 11) is 0. The summed E-state index contributed by atoms with van der Waals surface area (Å²) in [5.74, 6) is 0.762. The highest BCUT2D eigenvalue weighted by atomic mass is 16.3. The lowest BCUT2D eigenvalue weighted by molar-refractivity contribution is -0.116. The lowest BCUT2D eigenvalue weighted by Crippen LogP contribution is -2.11. The summed E-state index contributed by atoms with van der Waals surface area (Å²) in [6.45, 7) is 0. The first-order chi connectivity index (χ1) is 12.7. The molecule has 3 aromatic rings. The molecule has 0 atom stereocenters. The molecule has 6 heteroatoms. The number of aromatic hydroxyl groups is 1. The first-order valence-electron chi connectivity index (χ1n) is 8.41. The van der Waals surface area contributed by atoms with E-state index in [0.717, 1.165) is 29.8 Å². The van der Waals surface area contributed by atoms with Crippen molar-refractivity contribution in [2.24, 2.45) is 0 Å². The second-order valence-electron chi connectivity index (χ2n) is 5.84. The number of anilines is 3. The minimum atomic E-state index is -0.0177. The van der Waals surface area contributed by atoms with Crippen LogP contribution in [0.1, 0.15) is 18.4 Å². The maximum atomic E-state index is 12.0. The van der Waals surface area contributed by atoms with Crippen LogP contribution in [0.5, 0.6) is 5.75 Å². The molecule has 3 rings (SSSR count). The van der Waals surface area contributed by atoms with E-state index >= 15 is 0 Å². The number of carbonyl (C=O) groups excluding carboxylic acids is 1. The number of phenolic OH excluding ortho intramolecular Hbond substituents is 1. The molecule has 0 saturated carbocycles. The molecule has 2 aromatic carbocycles. The summed E-state index contributed by atoms with van der Waals surface area (Å²) in [5, 5.41) is 15.2. The minimum absolute atomic E-state index is 0.0177. The van der Waals surface area contributed by atoms with Gasteiger partial charge in [-0.15, -0.1) is 0 Å². The molecule has 0 spiro atoms. The molecular formula is C20H20N4O2.